The fourth-order valence-electron chi connectivity index (χ4n) is 3.57. The van der Waals surface area contributed by atoms with Crippen molar-refractivity contribution in [1.29, 1.82) is 0 Å². The number of aryl methyl sites for hydroxylation is 2. The topological polar surface area (TPSA) is 0 Å². The van der Waals surface area contributed by atoms with Gasteiger partial charge in [0.05, 0.1) is 0 Å². The third-order valence-electron chi connectivity index (χ3n) is 4.88. The van der Waals surface area contributed by atoms with Crippen LogP contribution < -0.4 is 0 Å². The fourth-order valence-corrected chi connectivity index (χ4v) is 6.61. The van der Waals surface area contributed by atoms with Gasteiger partial charge in [-0.1, -0.05) is 67.2 Å². The van der Waals surface area contributed by atoms with E-state index in [-0.39, 0.29) is 0 Å². The van der Waals surface area contributed by atoms with Crippen molar-refractivity contribution in [3.63, 3.8) is 0 Å². The summed E-state index contributed by atoms with van der Waals surface area (Å²) in [6.45, 7) is 14.1. The van der Waals surface area contributed by atoms with E-state index in [1.807, 2.05) is 0 Å². The molecule has 0 aliphatic carbocycles. The van der Waals surface area contributed by atoms with Crippen LogP contribution in [-0.4, -0.2) is 0 Å². The maximum Gasteiger partial charge on any atom is 0.0491 e. The van der Waals surface area contributed by atoms with Gasteiger partial charge < -0.3 is 0 Å². The van der Waals surface area contributed by atoms with Gasteiger partial charge in [-0.15, -0.1) is 22.7 Å². The molecule has 2 aromatic rings. The lowest BCUT2D eigenvalue weighted by Gasteiger charge is -2.09. The van der Waals surface area contributed by atoms with Gasteiger partial charge in [-0.2, -0.15) is 0 Å². The monoisotopic (exact) mass is 364 g/mol. The Morgan fingerprint density at radius 1 is 0.625 bits per heavy atom. The maximum atomic E-state index is 2.37. The lowest BCUT2D eigenvalue weighted by Crippen LogP contribution is -1.92. The van der Waals surface area contributed by atoms with Gasteiger partial charge in [0, 0.05) is 19.2 Å². The quantitative estimate of drug-likeness (QED) is 0.370. The van der Waals surface area contributed by atoms with Crippen LogP contribution in [0.15, 0.2) is 0 Å². The third-order valence-corrected chi connectivity index (χ3v) is 8.20. The molecule has 2 heterocycles. The van der Waals surface area contributed by atoms with Crippen LogP contribution in [0.1, 0.15) is 113 Å². The Morgan fingerprint density at radius 3 is 1.29 bits per heavy atom. The lowest BCUT2D eigenvalue weighted by atomic mass is 10.00. The summed E-state index contributed by atoms with van der Waals surface area (Å²) in [6.07, 6.45) is 10.6. The van der Waals surface area contributed by atoms with E-state index in [0.717, 1.165) is 0 Å². The van der Waals surface area contributed by atoms with Crippen molar-refractivity contribution in [3.05, 3.63) is 20.9 Å². The Labute approximate surface area is 157 Å². The first-order valence-corrected chi connectivity index (χ1v) is 11.7. The van der Waals surface area contributed by atoms with Crippen LogP contribution in [0.4, 0.5) is 0 Å². The van der Waals surface area contributed by atoms with Crippen LogP contribution in [0.3, 0.4) is 0 Å². The Balaban J connectivity index is 2.45. The second-order valence-electron chi connectivity index (χ2n) is 7.77. The second kappa shape index (κ2) is 9.38. The zero-order valence-corrected chi connectivity index (χ0v) is 18.3. The van der Waals surface area contributed by atoms with Crippen molar-refractivity contribution in [2.24, 2.45) is 0 Å². The van der Waals surface area contributed by atoms with Gasteiger partial charge in [0.15, 0.2) is 0 Å². The Bertz CT molecular complexity index is 572. The van der Waals surface area contributed by atoms with Gasteiger partial charge in [-0.25, -0.2) is 0 Å². The molecule has 0 nitrogen and oxygen atoms in total. The van der Waals surface area contributed by atoms with E-state index in [9.17, 15) is 0 Å². The van der Waals surface area contributed by atoms with Crippen molar-refractivity contribution in [2.75, 3.05) is 0 Å². The molecule has 0 saturated heterocycles. The average molecular weight is 365 g/mol. The van der Waals surface area contributed by atoms with Crippen molar-refractivity contribution in [2.45, 2.75) is 105 Å². The molecule has 0 fully saturated rings. The first-order valence-electron chi connectivity index (χ1n) is 10.1. The first kappa shape index (κ1) is 20.0. The minimum atomic E-state index is 0.664. The molecule has 24 heavy (non-hydrogen) atoms. The van der Waals surface area contributed by atoms with Crippen molar-refractivity contribution < 1.29 is 0 Å². The van der Waals surface area contributed by atoms with Gasteiger partial charge in [0.25, 0.3) is 0 Å². The number of fused-ring (bicyclic) bond motifs is 1. The minimum absolute atomic E-state index is 0.664. The van der Waals surface area contributed by atoms with Crippen molar-refractivity contribution in [3.8, 4) is 0 Å². The van der Waals surface area contributed by atoms with Gasteiger partial charge in [-0.05, 0) is 48.6 Å². The predicted molar refractivity (Wildman–Crippen MR) is 114 cm³/mol. The molecular weight excluding hydrogens is 328 g/mol. The smallest absolute Gasteiger partial charge is 0.0491 e. The molecule has 0 atom stereocenters. The molecule has 2 heteroatoms. The molecule has 0 amide bonds. The van der Waals surface area contributed by atoms with Crippen molar-refractivity contribution >= 4 is 32.1 Å². The summed E-state index contributed by atoms with van der Waals surface area (Å²) in [4.78, 5) is 3.33. The number of thiophene rings is 2. The highest BCUT2D eigenvalue weighted by atomic mass is 32.1. The van der Waals surface area contributed by atoms with Gasteiger partial charge in [-0.3, -0.25) is 0 Å². The van der Waals surface area contributed by atoms with E-state index in [2.05, 4.69) is 64.2 Å². The maximum absolute atomic E-state index is 2.37. The van der Waals surface area contributed by atoms with Crippen LogP contribution in [-0.2, 0) is 12.8 Å². The fraction of sp³-hybridized carbons (Fsp3) is 0.727. The molecule has 2 aromatic heterocycles. The summed E-state index contributed by atoms with van der Waals surface area (Å²) in [6, 6.07) is 0. The molecule has 136 valence electrons. The zero-order chi connectivity index (χ0) is 17.7. The van der Waals surface area contributed by atoms with E-state index in [0.29, 0.717) is 11.8 Å². The standard InChI is InChI=1S/C22H36S2/c1-7-9-11-13-17-19(15(3)4)23-22-18(14-12-10-8-2)20(16(5)6)24-21(17)22/h15-16H,7-14H2,1-6H3. The number of rotatable bonds is 10. The van der Waals surface area contributed by atoms with E-state index >= 15 is 0 Å². The van der Waals surface area contributed by atoms with E-state index in [1.165, 1.54) is 51.4 Å². The molecule has 0 radical (unpaired) electrons. The molecule has 2 rings (SSSR count). The highest BCUT2D eigenvalue weighted by molar-refractivity contribution is 7.28. The molecular formula is C22H36S2. The van der Waals surface area contributed by atoms with E-state index < -0.39 is 0 Å². The summed E-state index contributed by atoms with van der Waals surface area (Å²) >= 11 is 4.25. The molecule has 0 unspecified atom stereocenters. The number of hydrogen-bond acceptors (Lipinski definition) is 2. The number of hydrogen-bond donors (Lipinski definition) is 0. The summed E-state index contributed by atoms with van der Waals surface area (Å²) in [5, 5.41) is 0. The predicted octanol–water partition coefficient (Wildman–Crippen LogP) is 8.68. The molecule has 0 aliphatic rings. The average Bonchev–Trinajstić information content (AvgIpc) is 3.05. The van der Waals surface area contributed by atoms with Crippen molar-refractivity contribution in [1.82, 2.24) is 0 Å². The molecule has 0 spiro atoms. The lowest BCUT2D eigenvalue weighted by molar-refractivity contribution is 0.713. The van der Waals surface area contributed by atoms with Gasteiger partial charge in [0.2, 0.25) is 0 Å². The molecule has 0 aromatic carbocycles. The third kappa shape index (κ3) is 4.43. The van der Waals surface area contributed by atoms with Crippen LogP contribution >= 0.6 is 22.7 Å². The normalized spacial score (nSPS) is 12.2. The molecule has 0 N–H and O–H groups in total. The summed E-state index contributed by atoms with van der Waals surface area (Å²) in [5.74, 6) is 1.33. The van der Waals surface area contributed by atoms with Crippen LogP contribution in [0, 0.1) is 0 Å². The summed E-state index contributed by atoms with van der Waals surface area (Å²) in [7, 11) is 0. The highest BCUT2D eigenvalue weighted by Crippen LogP contribution is 2.46. The largest absolute Gasteiger partial charge is 0.139 e. The Morgan fingerprint density at radius 2 is 1.00 bits per heavy atom. The first-order chi connectivity index (χ1) is 11.5. The zero-order valence-electron chi connectivity index (χ0n) is 16.6. The second-order valence-corrected chi connectivity index (χ2v) is 9.88. The van der Waals surface area contributed by atoms with Gasteiger partial charge in [0.1, 0.15) is 0 Å². The molecule has 0 aliphatic heterocycles. The number of unbranched alkanes of at least 4 members (excludes halogenated alkanes) is 4. The highest BCUT2D eigenvalue weighted by Gasteiger charge is 2.22. The Kier molecular flexibility index (Phi) is 7.81. The SMILES string of the molecule is CCCCCc1c(C(C)C)sc2c(CCCCC)c(C(C)C)sc12. The summed E-state index contributed by atoms with van der Waals surface area (Å²) < 4.78 is 3.30. The van der Waals surface area contributed by atoms with Crippen LogP contribution in [0.25, 0.3) is 9.40 Å². The molecule has 0 saturated carbocycles. The van der Waals surface area contributed by atoms with Gasteiger partial charge >= 0.3 is 0 Å². The van der Waals surface area contributed by atoms with E-state index in [1.54, 1.807) is 30.3 Å². The summed E-state index contributed by atoms with van der Waals surface area (Å²) in [5.41, 5.74) is 3.40. The van der Waals surface area contributed by atoms with Crippen LogP contribution in [0.2, 0.25) is 0 Å². The molecule has 0 bridgehead atoms. The van der Waals surface area contributed by atoms with Crippen LogP contribution in [0.5, 0.6) is 0 Å². The minimum Gasteiger partial charge on any atom is -0.139 e. The Hall–Kier alpha value is -0.340. The van der Waals surface area contributed by atoms with E-state index in [4.69, 9.17) is 0 Å².